The molecule has 0 unspecified atom stereocenters. The van der Waals surface area contributed by atoms with Gasteiger partial charge in [0.1, 0.15) is 0 Å². The zero-order valence-electron chi connectivity index (χ0n) is 5.46. The highest BCUT2D eigenvalue weighted by atomic mass is 16.5. The van der Waals surface area contributed by atoms with E-state index in [2.05, 4.69) is 0 Å². The second kappa shape index (κ2) is 1.57. The van der Waals surface area contributed by atoms with Crippen molar-refractivity contribution in [3.63, 3.8) is 0 Å². The zero-order chi connectivity index (χ0) is 7.07. The molecule has 1 N–H and O–H groups in total. The summed E-state index contributed by atoms with van der Waals surface area (Å²) in [6, 6.07) is 0. The van der Waals surface area contributed by atoms with Gasteiger partial charge in [-0.05, 0) is 13.8 Å². The summed E-state index contributed by atoms with van der Waals surface area (Å²) in [5.74, 6) is -0.347. The summed E-state index contributed by atoms with van der Waals surface area (Å²) in [7, 11) is 0. The fourth-order valence-corrected chi connectivity index (χ4v) is 0.700. The molecule has 0 aromatic carbocycles. The SMILES string of the molecule is CC1(C)C=CC(=O)N1O. The molecule has 1 heterocycles. The largest absolute Gasteiger partial charge is 0.285 e. The first-order chi connectivity index (χ1) is 4.04. The average molecular weight is 127 g/mol. The second-order valence-electron chi connectivity index (χ2n) is 2.64. The molecule has 0 spiro atoms. The van der Waals surface area contributed by atoms with Crippen LogP contribution in [0.2, 0.25) is 0 Å². The van der Waals surface area contributed by atoms with Crippen LogP contribution in [0.25, 0.3) is 0 Å². The number of rotatable bonds is 0. The molecule has 0 fully saturated rings. The molecular weight excluding hydrogens is 118 g/mol. The van der Waals surface area contributed by atoms with Crippen molar-refractivity contribution in [1.82, 2.24) is 5.06 Å². The molecular formula is C6H9NO2. The van der Waals surface area contributed by atoms with Crippen molar-refractivity contribution in [3.8, 4) is 0 Å². The van der Waals surface area contributed by atoms with Crippen LogP contribution < -0.4 is 0 Å². The average Bonchev–Trinajstić information content (AvgIpc) is 1.97. The van der Waals surface area contributed by atoms with E-state index >= 15 is 0 Å². The van der Waals surface area contributed by atoms with Crippen LogP contribution in [-0.2, 0) is 4.79 Å². The third kappa shape index (κ3) is 0.833. The van der Waals surface area contributed by atoms with Gasteiger partial charge in [-0.3, -0.25) is 10.0 Å². The molecule has 3 nitrogen and oxygen atoms in total. The first-order valence-corrected chi connectivity index (χ1v) is 2.76. The Morgan fingerprint density at radius 2 is 2.22 bits per heavy atom. The summed E-state index contributed by atoms with van der Waals surface area (Å²) < 4.78 is 0. The molecule has 0 saturated carbocycles. The van der Waals surface area contributed by atoms with E-state index in [0.29, 0.717) is 5.06 Å². The van der Waals surface area contributed by atoms with E-state index < -0.39 is 5.54 Å². The lowest BCUT2D eigenvalue weighted by atomic mass is 10.1. The van der Waals surface area contributed by atoms with Crippen LogP contribution in [0, 0.1) is 0 Å². The molecule has 1 aliphatic heterocycles. The molecule has 9 heavy (non-hydrogen) atoms. The van der Waals surface area contributed by atoms with E-state index in [1.807, 2.05) is 0 Å². The van der Waals surface area contributed by atoms with Crippen molar-refractivity contribution >= 4 is 5.91 Å². The van der Waals surface area contributed by atoms with Crippen LogP contribution in [0.15, 0.2) is 12.2 Å². The van der Waals surface area contributed by atoms with Gasteiger partial charge in [0.15, 0.2) is 0 Å². The van der Waals surface area contributed by atoms with Gasteiger partial charge in [0, 0.05) is 6.08 Å². The maximum Gasteiger partial charge on any atom is 0.270 e. The van der Waals surface area contributed by atoms with Crippen molar-refractivity contribution in [1.29, 1.82) is 0 Å². The predicted molar refractivity (Wildman–Crippen MR) is 31.9 cm³/mol. The van der Waals surface area contributed by atoms with E-state index in [0.717, 1.165) is 0 Å². The highest BCUT2D eigenvalue weighted by Crippen LogP contribution is 2.19. The van der Waals surface area contributed by atoms with Crippen LogP contribution >= 0.6 is 0 Å². The Balaban J connectivity index is 2.86. The van der Waals surface area contributed by atoms with Crippen LogP contribution in [0.5, 0.6) is 0 Å². The Labute approximate surface area is 53.5 Å². The Bertz CT molecular complexity index is 172. The van der Waals surface area contributed by atoms with E-state index in [9.17, 15) is 4.79 Å². The summed E-state index contributed by atoms with van der Waals surface area (Å²) in [6.45, 7) is 3.52. The van der Waals surface area contributed by atoms with Crippen molar-refractivity contribution < 1.29 is 10.0 Å². The van der Waals surface area contributed by atoms with Gasteiger partial charge in [0.25, 0.3) is 5.91 Å². The van der Waals surface area contributed by atoms with E-state index in [1.165, 1.54) is 6.08 Å². The van der Waals surface area contributed by atoms with E-state index in [1.54, 1.807) is 19.9 Å². The Kier molecular flexibility index (Phi) is 1.10. The molecule has 1 aliphatic rings. The lowest BCUT2D eigenvalue weighted by Crippen LogP contribution is -2.38. The molecule has 0 radical (unpaired) electrons. The highest BCUT2D eigenvalue weighted by molar-refractivity contribution is 5.90. The summed E-state index contributed by atoms with van der Waals surface area (Å²) in [6.07, 6.45) is 3.02. The summed E-state index contributed by atoms with van der Waals surface area (Å²) in [5.41, 5.74) is -0.517. The molecule has 0 aromatic heterocycles. The number of hydrogen-bond acceptors (Lipinski definition) is 2. The summed E-state index contributed by atoms with van der Waals surface area (Å²) in [5, 5.41) is 9.66. The molecule has 3 heteroatoms. The number of hydrogen-bond donors (Lipinski definition) is 1. The molecule has 0 saturated heterocycles. The quantitative estimate of drug-likeness (QED) is 0.483. The van der Waals surface area contributed by atoms with Gasteiger partial charge in [-0.2, -0.15) is 0 Å². The molecule has 0 atom stereocenters. The normalized spacial score (nSPS) is 23.4. The first kappa shape index (κ1) is 6.29. The standard InChI is InChI=1S/C6H9NO2/c1-6(2)4-3-5(8)7(6)9/h3-4,9H,1-2H3. The minimum Gasteiger partial charge on any atom is -0.285 e. The van der Waals surface area contributed by atoms with Crippen molar-refractivity contribution in [3.05, 3.63) is 12.2 Å². The molecule has 1 amide bonds. The Hall–Kier alpha value is -0.830. The molecule has 50 valence electrons. The zero-order valence-corrected chi connectivity index (χ0v) is 5.46. The number of nitrogens with zero attached hydrogens (tertiary/aromatic N) is 1. The molecule has 1 rings (SSSR count). The monoisotopic (exact) mass is 127 g/mol. The summed E-state index contributed by atoms with van der Waals surface area (Å²) >= 11 is 0. The predicted octanol–water partition coefficient (Wildman–Crippen LogP) is 0.553. The van der Waals surface area contributed by atoms with Crippen LogP contribution in [0.4, 0.5) is 0 Å². The van der Waals surface area contributed by atoms with Gasteiger partial charge in [-0.25, -0.2) is 5.06 Å². The lowest BCUT2D eigenvalue weighted by Gasteiger charge is -2.23. The highest BCUT2D eigenvalue weighted by Gasteiger charge is 2.31. The van der Waals surface area contributed by atoms with Crippen molar-refractivity contribution in [2.75, 3.05) is 0 Å². The minimum atomic E-state index is -0.517. The molecule has 0 aromatic rings. The smallest absolute Gasteiger partial charge is 0.270 e. The third-order valence-corrected chi connectivity index (χ3v) is 1.39. The lowest BCUT2D eigenvalue weighted by molar-refractivity contribution is -0.172. The van der Waals surface area contributed by atoms with Gasteiger partial charge in [-0.15, -0.1) is 0 Å². The topological polar surface area (TPSA) is 40.5 Å². The van der Waals surface area contributed by atoms with Gasteiger partial charge >= 0.3 is 0 Å². The second-order valence-corrected chi connectivity index (χ2v) is 2.64. The van der Waals surface area contributed by atoms with E-state index in [4.69, 9.17) is 5.21 Å². The number of hydroxylamine groups is 2. The minimum absolute atomic E-state index is 0.347. The fraction of sp³-hybridized carbons (Fsp3) is 0.500. The van der Waals surface area contributed by atoms with Gasteiger partial charge in [0.2, 0.25) is 0 Å². The number of carbonyl (C=O) groups is 1. The maximum atomic E-state index is 10.6. The first-order valence-electron chi connectivity index (χ1n) is 2.76. The molecule has 0 bridgehead atoms. The maximum absolute atomic E-state index is 10.6. The van der Waals surface area contributed by atoms with Crippen LogP contribution in [-0.4, -0.2) is 21.7 Å². The van der Waals surface area contributed by atoms with Crippen molar-refractivity contribution in [2.45, 2.75) is 19.4 Å². The number of carbonyl (C=O) groups excluding carboxylic acids is 1. The fourth-order valence-electron chi connectivity index (χ4n) is 0.700. The van der Waals surface area contributed by atoms with Gasteiger partial charge in [-0.1, -0.05) is 6.08 Å². The van der Waals surface area contributed by atoms with Gasteiger partial charge in [0.05, 0.1) is 5.54 Å². The Morgan fingerprint density at radius 1 is 1.67 bits per heavy atom. The number of amides is 1. The van der Waals surface area contributed by atoms with Crippen LogP contribution in [0.1, 0.15) is 13.8 Å². The third-order valence-electron chi connectivity index (χ3n) is 1.39. The van der Waals surface area contributed by atoms with Gasteiger partial charge < -0.3 is 0 Å². The Morgan fingerprint density at radius 3 is 2.33 bits per heavy atom. The summed E-state index contributed by atoms with van der Waals surface area (Å²) in [4.78, 5) is 10.6. The molecule has 0 aliphatic carbocycles. The van der Waals surface area contributed by atoms with E-state index in [-0.39, 0.29) is 5.91 Å². The van der Waals surface area contributed by atoms with Crippen LogP contribution in [0.3, 0.4) is 0 Å². The van der Waals surface area contributed by atoms with Crippen molar-refractivity contribution in [2.24, 2.45) is 0 Å².